The summed E-state index contributed by atoms with van der Waals surface area (Å²) in [5.41, 5.74) is 0.762. The Kier molecular flexibility index (Phi) is 5.00. The van der Waals surface area contributed by atoms with E-state index < -0.39 is 10.0 Å². The topological polar surface area (TPSA) is 76.3 Å². The van der Waals surface area contributed by atoms with Gasteiger partial charge in [-0.05, 0) is 35.7 Å². The number of thiophene rings is 1. The number of aromatic nitrogens is 2. The second-order valence-electron chi connectivity index (χ2n) is 5.03. The Morgan fingerprint density at radius 2 is 2.00 bits per heavy atom. The molecule has 2 aromatic heterocycles. The van der Waals surface area contributed by atoms with Crippen molar-refractivity contribution in [1.29, 1.82) is 0 Å². The summed E-state index contributed by atoms with van der Waals surface area (Å²) in [4.78, 5) is 4.29. The van der Waals surface area contributed by atoms with Gasteiger partial charge < -0.3 is 4.52 Å². The molecule has 3 aromatic rings. The van der Waals surface area contributed by atoms with Crippen LogP contribution in [0.5, 0.6) is 0 Å². The molecule has 3 rings (SSSR count). The molecule has 9 heteroatoms. The van der Waals surface area contributed by atoms with Crippen molar-refractivity contribution in [1.82, 2.24) is 14.4 Å². The average Bonchev–Trinajstić information content (AvgIpc) is 3.25. The smallest absolute Gasteiger partial charge is 0.257 e. The Hall–Kier alpha value is -1.74. The maximum Gasteiger partial charge on any atom is 0.257 e. The molecule has 0 saturated heterocycles. The highest BCUT2D eigenvalue weighted by Gasteiger charge is 2.22. The van der Waals surface area contributed by atoms with Crippen LogP contribution < -0.4 is 0 Å². The number of hydrogen-bond acceptors (Lipinski definition) is 6. The molecule has 0 spiro atoms. The molecule has 24 heavy (non-hydrogen) atoms. The van der Waals surface area contributed by atoms with Gasteiger partial charge in [-0.15, -0.1) is 11.3 Å². The van der Waals surface area contributed by atoms with Gasteiger partial charge in [0, 0.05) is 30.6 Å². The van der Waals surface area contributed by atoms with E-state index >= 15 is 0 Å². The Morgan fingerprint density at radius 1 is 1.25 bits per heavy atom. The van der Waals surface area contributed by atoms with Gasteiger partial charge in [-0.25, -0.2) is 8.42 Å². The number of benzene rings is 1. The predicted octanol–water partition coefficient (Wildman–Crippen LogP) is 3.31. The van der Waals surface area contributed by atoms with Crippen LogP contribution in [0.3, 0.4) is 0 Å². The SMILES string of the molecule is CN(CCc1noc(-c2ccc(Cl)cc2)n1)S(=O)(=O)c1cccs1. The largest absolute Gasteiger partial charge is 0.334 e. The van der Waals surface area contributed by atoms with Crippen molar-refractivity contribution >= 4 is 33.0 Å². The molecule has 126 valence electrons. The summed E-state index contributed by atoms with van der Waals surface area (Å²) < 4.78 is 31.5. The first-order valence-electron chi connectivity index (χ1n) is 7.05. The van der Waals surface area contributed by atoms with Gasteiger partial charge in [-0.2, -0.15) is 9.29 Å². The zero-order chi connectivity index (χ0) is 17.2. The standard InChI is InChI=1S/C15H14ClN3O3S2/c1-19(24(20,21)14-3-2-10-23-14)9-8-13-17-15(22-18-13)11-4-6-12(16)7-5-11/h2-7,10H,8-9H2,1H3. The number of rotatable bonds is 6. The van der Waals surface area contributed by atoms with Crippen LogP contribution in [0.4, 0.5) is 0 Å². The van der Waals surface area contributed by atoms with E-state index in [0.29, 0.717) is 27.4 Å². The highest BCUT2D eigenvalue weighted by molar-refractivity contribution is 7.91. The molecule has 0 bridgehead atoms. The van der Waals surface area contributed by atoms with Gasteiger partial charge in [0.05, 0.1) is 0 Å². The fraction of sp³-hybridized carbons (Fsp3) is 0.200. The first-order valence-corrected chi connectivity index (χ1v) is 9.75. The number of hydrogen-bond donors (Lipinski definition) is 0. The molecule has 2 heterocycles. The Bertz CT molecular complexity index is 906. The van der Waals surface area contributed by atoms with Crippen LogP contribution >= 0.6 is 22.9 Å². The normalized spacial score (nSPS) is 12.0. The third-order valence-electron chi connectivity index (χ3n) is 3.37. The van der Waals surface area contributed by atoms with E-state index in [1.165, 1.54) is 22.7 Å². The third kappa shape index (κ3) is 3.67. The molecule has 6 nitrogen and oxygen atoms in total. The van der Waals surface area contributed by atoms with E-state index in [4.69, 9.17) is 16.1 Å². The lowest BCUT2D eigenvalue weighted by Crippen LogP contribution is -2.28. The zero-order valence-electron chi connectivity index (χ0n) is 12.7. The molecule has 0 fully saturated rings. The van der Waals surface area contributed by atoms with Crippen molar-refractivity contribution in [3.05, 3.63) is 52.6 Å². The van der Waals surface area contributed by atoms with Crippen LogP contribution in [0, 0.1) is 0 Å². The summed E-state index contributed by atoms with van der Waals surface area (Å²) in [6.45, 7) is 0.264. The quantitative estimate of drug-likeness (QED) is 0.652. The Morgan fingerprint density at radius 3 is 2.67 bits per heavy atom. The summed E-state index contributed by atoms with van der Waals surface area (Å²) >= 11 is 7.04. The van der Waals surface area contributed by atoms with Gasteiger partial charge in [0.25, 0.3) is 15.9 Å². The van der Waals surface area contributed by atoms with Crippen molar-refractivity contribution in [3.63, 3.8) is 0 Å². The Labute approximate surface area is 148 Å². The molecular formula is C15H14ClN3O3S2. The lowest BCUT2D eigenvalue weighted by atomic mass is 10.2. The van der Waals surface area contributed by atoms with Crippen molar-refractivity contribution in [2.24, 2.45) is 0 Å². The number of sulfonamides is 1. The molecular weight excluding hydrogens is 370 g/mol. The van der Waals surface area contributed by atoms with E-state index in [-0.39, 0.29) is 6.54 Å². The van der Waals surface area contributed by atoms with Crippen LogP contribution in [-0.4, -0.2) is 36.5 Å². The van der Waals surface area contributed by atoms with Gasteiger partial charge in [-0.1, -0.05) is 22.8 Å². The first kappa shape index (κ1) is 17.1. The number of halogens is 1. The minimum absolute atomic E-state index is 0.264. The molecule has 0 atom stereocenters. The maximum absolute atomic E-state index is 12.3. The third-order valence-corrected chi connectivity index (χ3v) is 6.85. The van der Waals surface area contributed by atoms with Crippen LogP contribution in [0.15, 0.2) is 50.5 Å². The summed E-state index contributed by atoms with van der Waals surface area (Å²) in [6.07, 6.45) is 0.359. The van der Waals surface area contributed by atoms with Crippen molar-refractivity contribution in [2.45, 2.75) is 10.6 Å². The summed E-state index contributed by atoms with van der Waals surface area (Å²) in [6, 6.07) is 10.3. The second-order valence-corrected chi connectivity index (χ2v) is 8.69. The lowest BCUT2D eigenvalue weighted by molar-refractivity contribution is 0.415. The van der Waals surface area contributed by atoms with Crippen LogP contribution in [0.25, 0.3) is 11.5 Å². The van der Waals surface area contributed by atoms with E-state index in [1.54, 1.807) is 41.8 Å². The summed E-state index contributed by atoms with van der Waals surface area (Å²) in [5, 5.41) is 6.25. The van der Waals surface area contributed by atoms with E-state index in [1.807, 2.05) is 0 Å². The average molecular weight is 384 g/mol. The minimum Gasteiger partial charge on any atom is -0.334 e. The molecule has 0 saturated carbocycles. The molecule has 0 N–H and O–H groups in total. The lowest BCUT2D eigenvalue weighted by Gasteiger charge is -2.14. The fourth-order valence-electron chi connectivity index (χ4n) is 2.01. The number of likely N-dealkylation sites (N-methyl/N-ethyl adjacent to an activating group) is 1. The first-order chi connectivity index (χ1) is 11.5. The fourth-order valence-corrected chi connectivity index (χ4v) is 4.51. The molecule has 0 amide bonds. The maximum atomic E-state index is 12.3. The molecule has 0 aliphatic heterocycles. The molecule has 0 aliphatic rings. The van der Waals surface area contributed by atoms with Gasteiger partial charge in [0.1, 0.15) is 4.21 Å². The number of nitrogens with zero attached hydrogens (tertiary/aromatic N) is 3. The van der Waals surface area contributed by atoms with Gasteiger partial charge in [0.15, 0.2) is 5.82 Å². The van der Waals surface area contributed by atoms with Crippen molar-refractivity contribution < 1.29 is 12.9 Å². The van der Waals surface area contributed by atoms with Crippen molar-refractivity contribution in [3.8, 4) is 11.5 Å². The Balaban J connectivity index is 1.66. The molecule has 0 unspecified atom stereocenters. The van der Waals surface area contributed by atoms with Crippen LogP contribution in [0.2, 0.25) is 5.02 Å². The summed E-state index contributed by atoms with van der Waals surface area (Å²) in [5.74, 6) is 0.832. The van der Waals surface area contributed by atoms with E-state index in [0.717, 1.165) is 5.56 Å². The molecule has 0 radical (unpaired) electrons. The summed E-state index contributed by atoms with van der Waals surface area (Å²) in [7, 11) is -1.93. The van der Waals surface area contributed by atoms with Gasteiger partial charge in [-0.3, -0.25) is 0 Å². The highest BCUT2D eigenvalue weighted by atomic mass is 35.5. The highest BCUT2D eigenvalue weighted by Crippen LogP contribution is 2.21. The van der Waals surface area contributed by atoms with Gasteiger partial charge >= 0.3 is 0 Å². The molecule has 1 aromatic carbocycles. The van der Waals surface area contributed by atoms with Gasteiger partial charge in [0.2, 0.25) is 0 Å². The van der Waals surface area contributed by atoms with E-state index in [9.17, 15) is 8.42 Å². The van der Waals surface area contributed by atoms with E-state index in [2.05, 4.69) is 10.1 Å². The van der Waals surface area contributed by atoms with Crippen LogP contribution in [-0.2, 0) is 16.4 Å². The molecule has 0 aliphatic carbocycles. The monoisotopic (exact) mass is 383 g/mol. The van der Waals surface area contributed by atoms with Crippen molar-refractivity contribution in [2.75, 3.05) is 13.6 Å². The van der Waals surface area contributed by atoms with Crippen LogP contribution in [0.1, 0.15) is 5.82 Å². The minimum atomic E-state index is -3.46. The predicted molar refractivity (Wildman–Crippen MR) is 92.6 cm³/mol. The zero-order valence-corrected chi connectivity index (χ0v) is 15.1. The second kappa shape index (κ2) is 7.02.